The van der Waals surface area contributed by atoms with Crippen molar-refractivity contribution in [1.82, 2.24) is 15.0 Å². The van der Waals surface area contributed by atoms with Crippen molar-refractivity contribution in [3.63, 3.8) is 0 Å². The minimum atomic E-state index is -0.496. The molecular weight excluding hydrogens is 274 g/mol. The Hall–Kier alpha value is -2.70. The number of rotatable bonds is 5. The molecule has 0 fully saturated rings. The van der Waals surface area contributed by atoms with Crippen molar-refractivity contribution >= 4 is 11.9 Å². The quantitative estimate of drug-likeness (QED) is 0.771. The maximum absolute atomic E-state index is 11.5. The van der Waals surface area contributed by atoms with Crippen LogP contribution >= 0.6 is 0 Å². The first-order chi connectivity index (χ1) is 10.1. The third-order valence-corrected chi connectivity index (χ3v) is 2.74. The van der Waals surface area contributed by atoms with Crippen LogP contribution in [0.1, 0.15) is 33.3 Å². The van der Waals surface area contributed by atoms with Crippen LogP contribution < -0.4 is 0 Å². The molecule has 0 aliphatic rings. The van der Waals surface area contributed by atoms with Crippen molar-refractivity contribution in [2.24, 2.45) is 0 Å². The number of esters is 2. The normalized spacial score (nSPS) is 10.2. The number of hydrogen-bond acceptors (Lipinski definition) is 6. The average molecular weight is 289 g/mol. The van der Waals surface area contributed by atoms with Gasteiger partial charge in [0.15, 0.2) is 5.69 Å². The Morgan fingerprint density at radius 1 is 1.19 bits per heavy atom. The van der Waals surface area contributed by atoms with Crippen LogP contribution in [0.2, 0.25) is 0 Å². The minimum absolute atomic E-state index is 0.169. The molecule has 0 N–H and O–H groups in total. The number of hydrogen-bond donors (Lipinski definition) is 0. The monoisotopic (exact) mass is 289 g/mol. The summed E-state index contributed by atoms with van der Waals surface area (Å²) in [6.45, 7) is 2.46. The second-order valence-corrected chi connectivity index (χ2v) is 4.21. The number of aromatic nitrogens is 3. The summed E-state index contributed by atoms with van der Waals surface area (Å²) in [6.07, 6.45) is 1.52. The highest BCUT2D eigenvalue weighted by Crippen LogP contribution is 2.07. The Bertz CT molecular complexity index is 634. The maximum atomic E-state index is 11.5. The summed E-state index contributed by atoms with van der Waals surface area (Å²) in [7, 11) is 1.34. The number of carbonyl (C=O) groups is 2. The Kier molecular flexibility index (Phi) is 4.65. The van der Waals surface area contributed by atoms with E-state index in [0.717, 1.165) is 5.56 Å². The molecule has 1 heterocycles. The lowest BCUT2D eigenvalue weighted by atomic mass is 10.1. The van der Waals surface area contributed by atoms with E-state index in [1.54, 1.807) is 31.2 Å². The number of nitrogens with zero attached hydrogens (tertiary/aromatic N) is 3. The molecule has 0 atom stereocenters. The van der Waals surface area contributed by atoms with Crippen molar-refractivity contribution in [3.05, 3.63) is 47.3 Å². The molecular formula is C14H15N3O4. The summed E-state index contributed by atoms with van der Waals surface area (Å²) in [5, 5.41) is 7.62. The van der Waals surface area contributed by atoms with Gasteiger partial charge in [0.1, 0.15) is 0 Å². The van der Waals surface area contributed by atoms with Gasteiger partial charge in [-0.1, -0.05) is 17.3 Å². The van der Waals surface area contributed by atoms with Gasteiger partial charge in [-0.05, 0) is 24.6 Å². The van der Waals surface area contributed by atoms with Gasteiger partial charge in [0, 0.05) is 0 Å². The third kappa shape index (κ3) is 3.65. The van der Waals surface area contributed by atoms with E-state index in [0.29, 0.717) is 18.7 Å². The predicted octanol–water partition coefficient (Wildman–Crippen LogP) is 1.29. The van der Waals surface area contributed by atoms with Gasteiger partial charge in [-0.25, -0.2) is 14.3 Å². The largest absolute Gasteiger partial charge is 0.465 e. The van der Waals surface area contributed by atoms with E-state index in [1.807, 2.05) is 0 Å². The number of carbonyl (C=O) groups excluding carboxylic acids is 2. The second kappa shape index (κ2) is 6.65. The molecule has 2 aromatic rings. The zero-order valence-electron chi connectivity index (χ0n) is 11.8. The highest BCUT2D eigenvalue weighted by atomic mass is 16.5. The topological polar surface area (TPSA) is 83.3 Å². The van der Waals surface area contributed by atoms with Gasteiger partial charge in [-0.15, -0.1) is 5.10 Å². The first-order valence-electron chi connectivity index (χ1n) is 6.38. The second-order valence-electron chi connectivity index (χ2n) is 4.21. The van der Waals surface area contributed by atoms with Crippen LogP contribution in [0.3, 0.4) is 0 Å². The van der Waals surface area contributed by atoms with Crippen LogP contribution in [-0.2, 0) is 16.0 Å². The molecule has 2 rings (SSSR count). The molecule has 0 spiro atoms. The summed E-state index contributed by atoms with van der Waals surface area (Å²) in [6, 6.07) is 6.92. The standard InChI is InChI=1S/C14H15N3O4/c1-3-21-14(19)12-9-17(16-15-12)8-10-4-6-11(7-5-10)13(18)20-2/h4-7,9H,3,8H2,1-2H3. The van der Waals surface area contributed by atoms with Crippen LogP contribution in [0.25, 0.3) is 0 Å². The fourth-order valence-electron chi connectivity index (χ4n) is 1.73. The third-order valence-electron chi connectivity index (χ3n) is 2.74. The molecule has 0 saturated heterocycles. The van der Waals surface area contributed by atoms with Crippen LogP contribution in [0.4, 0.5) is 0 Å². The van der Waals surface area contributed by atoms with E-state index in [4.69, 9.17) is 4.74 Å². The predicted molar refractivity (Wildman–Crippen MR) is 72.9 cm³/mol. The Labute approximate surface area is 121 Å². The molecule has 0 radical (unpaired) electrons. The maximum Gasteiger partial charge on any atom is 0.360 e. The molecule has 1 aromatic carbocycles. The molecule has 21 heavy (non-hydrogen) atoms. The van der Waals surface area contributed by atoms with Gasteiger partial charge in [-0.3, -0.25) is 0 Å². The van der Waals surface area contributed by atoms with E-state index in [9.17, 15) is 9.59 Å². The van der Waals surface area contributed by atoms with E-state index < -0.39 is 5.97 Å². The average Bonchev–Trinajstić information content (AvgIpc) is 2.96. The van der Waals surface area contributed by atoms with Gasteiger partial charge in [-0.2, -0.15) is 0 Å². The highest BCUT2D eigenvalue weighted by Gasteiger charge is 2.11. The lowest BCUT2D eigenvalue weighted by Crippen LogP contribution is -2.05. The van der Waals surface area contributed by atoms with Crippen molar-refractivity contribution in [2.75, 3.05) is 13.7 Å². The van der Waals surface area contributed by atoms with E-state index in [1.165, 1.54) is 18.0 Å². The zero-order valence-corrected chi connectivity index (χ0v) is 11.8. The zero-order chi connectivity index (χ0) is 15.2. The molecule has 0 saturated carbocycles. The van der Waals surface area contributed by atoms with Crippen molar-refractivity contribution in [1.29, 1.82) is 0 Å². The highest BCUT2D eigenvalue weighted by molar-refractivity contribution is 5.89. The van der Waals surface area contributed by atoms with E-state index in [-0.39, 0.29) is 11.7 Å². The number of methoxy groups -OCH3 is 1. The van der Waals surface area contributed by atoms with Crippen LogP contribution in [0.5, 0.6) is 0 Å². The summed E-state index contributed by atoms with van der Waals surface area (Å²) in [5.74, 6) is -0.878. The Morgan fingerprint density at radius 2 is 1.90 bits per heavy atom. The summed E-state index contributed by atoms with van der Waals surface area (Å²) in [5.41, 5.74) is 1.57. The van der Waals surface area contributed by atoms with Crippen molar-refractivity contribution in [2.45, 2.75) is 13.5 Å². The smallest absolute Gasteiger partial charge is 0.360 e. The number of ether oxygens (including phenoxy) is 2. The first kappa shape index (κ1) is 14.7. The molecule has 0 unspecified atom stereocenters. The fourth-order valence-corrected chi connectivity index (χ4v) is 1.73. The van der Waals surface area contributed by atoms with Crippen LogP contribution in [0.15, 0.2) is 30.5 Å². The summed E-state index contributed by atoms with van der Waals surface area (Å²) in [4.78, 5) is 22.8. The summed E-state index contributed by atoms with van der Waals surface area (Å²) >= 11 is 0. The number of benzene rings is 1. The first-order valence-corrected chi connectivity index (χ1v) is 6.38. The molecule has 0 aliphatic carbocycles. The molecule has 7 heteroatoms. The molecule has 0 amide bonds. The van der Waals surface area contributed by atoms with Gasteiger partial charge >= 0.3 is 11.9 Å². The molecule has 0 bridgehead atoms. The van der Waals surface area contributed by atoms with Gasteiger partial charge in [0.2, 0.25) is 0 Å². The van der Waals surface area contributed by atoms with Crippen LogP contribution in [0, 0.1) is 0 Å². The van der Waals surface area contributed by atoms with Crippen molar-refractivity contribution in [3.8, 4) is 0 Å². The van der Waals surface area contributed by atoms with Gasteiger partial charge in [0.05, 0.1) is 32.0 Å². The van der Waals surface area contributed by atoms with Crippen LogP contribution in [-0.4, -0.2) is 40.6 Å². The lowest BCUT2D eigenvalue weighted by Gasteiger charge is -2.03. The Morgan fingerprint density at radius 3 is 2.52 bits per heavy atom. The summed E-state index contributed by atoms with van der Waals surface area (Å²) < 4.78 is 11.0. The molecule has 7 nitrogen and oxygen atoms in total. The van der Waals surface area contributed by atoms with Gasteiger partial charge < -0.3 is 9.47 Å². The molecule has 0 aliphatic heterocycles. The van der Waals surface area contributed by atoms with E-state index >= 15 is 0 Å². The molecule has 1 aromatic heterocycles. The lowest BCUT2D eigenvalue weighted by molar-refractivity contribution is 0.0518. The van der Waals surface area contributed by atoms with Crippen molar-refractivity contribution < 1.29 is 19.1 Å². The van der Waals surface area contributed by atoms with Gasteiger partial charge in [0.25, 0.3) is 0 Å². The Balaban J connectivity index is 2.05. The fraction of sp³-hybridized carbons (Fsp3) is 0.286. The van der Waals surface area contributed by atoms with E-state index in [2.05, 4.69) is 15.0 Å². The molecule has 110 valence electrons. The minimum Gasteiger partial charge on any atom is -0.465 e. The SMILES string of the molecule is CCOC(=O)c1cn(Cc2ccc(C(=O)OC)cc2)nn1.